The van der Waals surface area contributed by atoms with Crippen LogP contribution in [-0.2, 0) is 19.1 Å². The quantitative estimate of drug-likeness (QED) is 0.0373. The van der Waals surface area contributed by atoms with Crippen LogP contribution in [0.15, 0.2) is 134 Å². The maximum absolute atomic E-state index is 12.4. The molecule has 1 atom stereocenters. The zero-order valence-electron chi connectivity index (χ0n) is 52.3. The Hall–Kier alpha value is -3.96. The van der Waals surface area contributed by atoms with E-state index in [1.165, 1.54) is 180 Å². The number of unbranched alkanes of at least 4 members (excludes halogenated alkanes) is 31. The summed E-state index contributed by atoms with van der Waals surface area (Å²) in [4.78, 5) is 24.6. The number of hydrogen-bond acceptors (Lipinski definition) is 5. The summed E-state index contributed by atoms with van der Waals surface area (Å²) < 4.78 is 10.7. The van der Waals surface area contributed by atoms with Crippen molar-refractivity contribution in [3.05, 3.63) is 134 Å². The molecular formula is C75H126O5. The third kappa shape index (κ3) is 66.6. The van der Waals surface area contributed by atoms with Crippen LogP contribution in [0, 0.1) is 0 Å². The molecule has 5 heteroatoms. The van der Waals surface area contributed by atoms with Gasteiger partial charge in [0, 0.05) is 12.8 Å². The summed E-state index contributed by atoms with van der Waals surface area (Å²) in [6.45, 7) is 4.03. The molecule has 456 valence electrons. The van der Waals surface area contributed by atoms with E-state index in [9.17, 15) is 14.7 Å². The summed E-state index contributed by atoms with van der Waals surface area (Å²) in [5.41, 5.74) is 0. The molecular weight excluding hydrogens is 981 g/mol. The normalized spacial score (nSPS) is 13.1. The Morgan fingerprint density at radius 1 is 0.300 bits per heavy atom. The fourth-order valence-corrected chi connectivity index (χ4v) is 9.40. The molecule has 0 fully saturated rings. The molecule has 80 heavy (non-hydrogen) atoms. The van der Waals surface area contributed by atoms with E-state index in [1.807, 2.05) is 0 Å². The van der Waals surface area contributed by atoms with E-state index in [2.05, 4.69) is 148 Å². The molecule has 0 saturated heterocycles. The Balaban J connectivity index is 3.53. The van der Waals surface area contributed by atoms with Crippen molar-refractivity contribution in [3.8, 4) is 0 Å². The number of rotatable bonds is 61. The minimum atomic E-state index is -0.782. The highest BCUT2D eigenvalue weighted by molar-refractivity contribution is 5.70. The van der Waals surface area contributed by atoms with Crippen molar-refractivity contribution in [3.63, 3.8) is 0 Å². The van der Waals surface area contributed by atoms with Crippen LogP contribution in [0.25, 0.3) is 0 Å². The van der Waals surface area contributed by atoms with Crippen molar-refractivity contribution in [2.75, 3.05) is 13.2 Å². The van der Waals surface area contributed by atoms with Crippen molar-refractivity contribution in [2.24, 2.45) is 0 Å². The summed E-state index contributed by atoms with van der Waals surface area (Å²) in [6.07, 6.45) is 103. The minimum Gasteiger partial charge on any atom is -0.462 e. The van der Waals surface area contributed by atoms with Gasteiger partial charge in [-0.05, 0) is 116 Å². The Labute approximate surface area is 496 Å². The van der Waals surface area contributed by atoms with Crippen LogP contribution in [0.3, 0.4) is 0 Å². The lowest BCUT2D eigenvalue weighted by atomic mass is 10.0. The number of carbonyl (C=O) groups excluding carboxylic acids is 2. The van der Waals surface area contributed by atoms with Gasteiger partial charge < -0.3 is 14.6 Å². The van der Waals surface area contributed by atoms with Gasteiger partial charge in [-0.3, -0.25) is 9.59 Å². The van der Waals surface area contributed by atoms with Gasteiger partial charge in [-0.25, -0.2) is 0 Å². The third-order valence-corrected chi connectivity index (χ3v) is 14.4. The molecule has 0 aromatic heterocycles. The maximum Gasteiger partial charge on any atom is 0.306 e. The fourth-order valence-electron chi connectivity index (χ4n) is 9.40. The molecule has 0 amide bonds. The average molecular weight is 1110 g/mol. The third-order valence-electron chi connectivity index (χ3n) is 14.4. The molecule has 1 N–H and O–H groups in total. The minimum absolute atomic E-state index is 0.0711. The number of ether oxygens (including phenoxy) is 2. The van der Waals surface area contributed by atoms with Crippen LogP contribution in [0.4, 0.5) is 0 Å². The summed E-state index contributed by atoms with van der Waals surface area (Å²) in [7, 11) is 0. The molecule has 0 spiro atoms. The van der Waals surface area contributed by atoms with Gasteiger partial charge in [-0.2, -0.15) is 0 Å². The molecule has 0 aromatic carbocycles. The second-order valence-corrected chi connectivity index (χ2v) is 22.2. The van der Waals surface area contributed by atoms with E-state index < -0.39 is 6.10 Å². The van der Waals surface area contributed by atoms with E-state index >= 15 is 0 Å². The zero-order valence-corrected chi connectivity index (χ0v) is 52.3. The Kier molecular flexibility index (Phi) is 65.9. The highest BCUT2D eigenvalue weighted by atomic mass is 16.6. The van der Waals surface area contributed by atoms with Gasteiger partial charge in [0.15, 0.2) is 6.10 Å². The van der Waals surface area contributed by atoms with Crippen LogP contribution in [0.2, 0.25) is 0 Å². The summed E-state index contributed by atoms with van der Waals surface area (Å²) in [5, 5.41) is 9.70. The Bertz CT molecular complexity index is 1630. The molecule has 5 nitrogen and oxygen atoms in total. The average Bonchev–Trinajstić information content (AvgIpc) is 3.46. The van der Waals surface area contributed by atoms with Gasteiger partial charge >= 0.3 is 11.9 Å². The van der Waals surface area contributed by atoms with Crippen LogP contribution in [0.5, 0.6) is 0 Å². The first-order chi connectivity index (χ1) is 39.6. The number of carbonyl (C=O) groups is 2. The van der Waals surface area contributed by atoms with Gasteiger partial charge in [-0.15, -0.1) is 0 Å². The molecule has 0 bridgehead atoms. The van der Waals surface area contributed by atoms with Crippen molar-refractivity contribution in [1.29, 1.82) is 0 Å². The predicted molar refractivity (Wildman–Crippen MR) is 352 cm³/mol. The van der Waals surface area contributed by atoms with Crippen LogP contribution in [0.1, 0.15) is 309 Å². The molecule has 0 rings (SSSR count). The largest absolute Gasteiger partial charge is 0.462 e. The molecule has 0 saturated carbocycles. The first-order valence-corrected chi connectivity index (χ1v) is 33.7. The smallest absolute Gasteiger partial charge is 0.306 e. The van der Waals surface area contributed by atoms with Gasteiger partial charge in [0.1, 0.15) is 6.61 Å². The lowest BCUT2D eigenvalue weighted by Gasteiger charge is -2.15. The van der Waals surface area contributed by atoms with E-state index in [-0.39, 0.29) is 25.2 Å². The van der Waals surface area contributed by atoms with Crippen LogP contribution < -0.4 is 0 Å². The second-order valence-electron chi connectivity index (χ2n) is 22.2. The standard InChI is InChI=1S/C75H126O5/c1-3-5-7-9-11-13-15-17-19-21-23-25-27-29-31-32-33-34-35-36-37-38-39-40-41-42-44-46-48-50-52-54-56-58-60-62-64-66-68-70-75(78)80-73(71-76)72-79-74(77)69-67-65-63-61-59-57-55-53-51-49-47-45-43-30-28-26-24-22-20-18-16-14-12-10-8-6-4-2/h5,7,11,13,16-19,22-25,29,31,33-34,36-37,39-40,42,44,73,76H,3-4,6,8-10,12,14-15,20-21,26-28,30,32,35,38,41,43,45-72H2,1-2H3/b7-5-,13-11-,18-16-,19-17-,24-22-,25-23-,31-29-,34-33-,37-36-,40-39-,44-42-. The van der Waals surface area contributed by atoms with Crippen molar-refractivity contribution in [1.82, 2.24) is 0 Å². The molecule has 0 aromatic rings. The van der Waals surface area contributed by atoms with E-state index in [0.717, 1.165) is 103 Å². The second kappa shape index (κ2) is 69.3. The topological polar surface area (TPSA) is 72.8 Å². The lowest BCUT2D eigenvalue weighted by molar-refractivity contribution is -0.161. The van der Waals surface area contributed by atoms with Gasteiger partial charge in [-0.1, -0.05) is 314 Å². The summed E-state index contributed by atoms with van der Waals surface area (Å²) in [5.74, 6) is -0.591. The zero-order chi connectivity index (χ0) is 57.6. The number of allylic oxidation sites excluding steroid dienone is 22. The first-order valence-electron chi connectivity index (χ1n) is 33.7. The molecule has 0 aliphatic heterocycles. The van der Waals surface area contributed by atoms with E-state index in [4.69, 9.17) is 9.47 Å². The van der Waals surface area contributed by atoms with Crippen molar-refractivity contribution < 1.29 is 24.2 Å². The molecule has 1 unspecified atom stereocenters. The number of aliphatic hydroxyl groups excluding tert-OH is 1. The predicted octanol–water partition coefficient (Wildman–Crippen LogP) is 23.5. The summed E-state index contributed by atoms with van der Waals surface area (Å²) in [6, 6.07) is 0. The first kappa shape index (κ1) is 76.0. The van der Waals surface area contributed by atoms with Gasteiger partial charge in [0.05, 0.1) is 6.61 Å². The highest BCUT2D eigenvalue weighted by Crippen LogP contribution is 2.17. The SMILES string of the molecule is CC/C=C\C/C=C\C/C=C\C/C=C\C/C=C\C/C=C\C/C=C\C/C=C\C/C=C\CCCCCCCCCCCCCC(=O)OC(CO)COC(=O)CCCCCCCCCCCCCCCCC/C=C\C/C=C\CCCCCCC. The van der Waals surface area contributed by atoms with Gasteiger partial charge in [0.2, 0.25) is 0 Å². The highest BCUT2D eigenvalue weighted by Gasteiger charge is 2.16. The monoisotopic (exact) mass is 1110 g/mol. The molecule has 0 aliphatic rings. The molecule has 0 radical (unpaired) electrons. The van der Waals surface area contributed by atoms with E-state index in [1.54, 1.807) is 0 Å². The molecule has 0 aliphatic carbocycles. The Morgan fingerprint density at radius 2 is 0.537 bits per heavy atom. The number of hydrogen-bond donors (Lipinski definition) is 1. The fraction of sp³-hybridized carbons (Fsp3) is 0.680. The van der Waals surface area contributed by atoms with E-state index in [0.29, 0.717) is 12.8 Å². The van der Waals surface area contributed by atoms with Crippen molar-refractivity contribution >= 4 is 11.9 Å². The number of esters is 2. The maximum atomic E-state index is 12.4. The van der Waals surface area contributed by atoms with Crippen molar-refractivity contribution in [2.45, 2.75) is 315 Å². The van der Waals surface area contributed by atoms with Gasteiger partial charge in [0.25, 0.3) is 0 Å². The lowest BCUT2D eigenvalue weighted by Crippen LogP contribution is -2.28. The van der Waals surface area contributed by atoms with Crippen LogP contribution in [-0.4, -0.2) is 36.4 Å². The number of aliphatic hydroxyl groups is 1. The summed E-state index contributed by atoms with van der Waals surface area (Å²) >= 11 is 0. The Morgan fingerprint density at radius 3 is 0.812 bits per heavy atom. The van der Waals surface area contributed by atoms with Crippen LogP contribution >= 0.6 is 0 Å². The molecule has 0 heterocycles.